The van der Waals surface area contributed by atoms with E-state index in [1.54, 1.807) is 6.07 Å². The summed E-state index contributed by atoms with van der Waals surface area (Å²) in [4.78, 5) is 29.8. The molecule has 2 heterocycles. The lowest BCUT2D eigenvalue weighted by atomic mass is 10.00. The number of rotatable bonds is 4. The Balaban J connectivity index is 1.41. The Hall–Kier alpha value is -3.93. The van der Waals surface area contributed by atoms with Gasteiger partial charge in [-0.15, -0.1) is 0 Å². The lowest BCUT2D eigenvalue weighted by molar-refractivity contribution is -0.122. The van der Waals surface area contributed by atoms with Gasteiger partial charge in [0.1, 0.15) is 17.6 Å². The molecule has 0 unspecified atom stereocenters. The van der Waals surface area contributed by atoms with E-state index in [9.17, 15) is 9.59 Å². The van der Waals surface area contributed by atoms with Gasteiger partial charge >= 0.3 is 0 Å². The Kier molecular flexibility index (Phi) is 4.32. The zero-order chi connectivity index (χ0) is 20.7. The zero-order valence-electron chi connectivity index (χ0n) is 16.3. The van der Waals surface area contributed by atoms with E-state index in [0.29, 0.717) is 11.1 Å². The van der Waals surface area contributed by atoms with Crippen molar-refractivity contribution in [2.24, 2.45) is 0 Å². The highest BCUT2D eigenvalue weighted by Gasteiger charge is 2.16. The first-order valence-corrected chi connectivity index (χ1v) is 9.75. The molecule has 148 valence electrons. The van der Waals surface area contributed by atoms with E-state index in [4.69, 9.17) is 4.42 Å². The van der Waals surface area contributed by atoms with Crippen molar-refractivity contribution in [3.8, 4) is 0 Å². The van der Waals surface area contributed by atoms with Crippen LogP contribution in [0.5, 0.6) is 0 Å². The predicted molar refractivity (Wildman–Crippen MR) is 116 cm³/mol. The van der Waals surface area contributed by atoms with Crippen LogP contribution in [0.15, 0.2) is 82.3 Å². The predicted octanol–water partition coefficient (Wildman–Crippen LogP) is 4.17. The largest absolute Gasteiger partial charge is 0.448 e. The van der Waals surface area contributed by atoms with Crippen molar-refractivity contribution in [1.82, 2.24) is 14.9 Å². The first-order chi connectivity index (χ1) is 14.6. The third-order valence-electron chi connectivity index (χ3n) is 5.33. The Morgan fingerprint density at radius 1 is 1.03 bits per heavy atom. The molecule has 5 aromatic rings. The number of benzene rings is 3. The summed E-state index contributed by atoms with van der Waals surface area (Å²) in [7, 11) is 0. The lowest BCUT2D eigenvalue weighted by Crippen LogP contribution is -2.33. The molecular weight excluding hydrogens is 378 g/mol. The highest BCUT2D eigenvalue weighted by Crippen LogP contribution is 2.25. The van der Waals surface area contributed by atoms with Gasteiger partial charge in [0.05, 0.1) is 12.4 Å². The summed E-state index contributed by atoms with van der Waals surface area (Å²) in [6.07, 6.45) is 1.40. The molecule has 1 atom stereocenters. The molecule has 0 aliphatic heterocycles. The van der Waals surface area contributed by atoms with Crippen LogP contribution in [0.2, 0.25) is 0 Å². The van der Waals surface area contributed by atoms with Crippen LogP contribution < -0.4 is 10.9 Å². The summed E-state index contributed by atoms with van der Waals surface area (Å²) >= 11 is 0. The van der Waals surface area contributed by atoms with Gasteiger partial charge in [-0.25, -0.2) is 4.98 Å². The van der Waals surface area contributed by atoms with Gasteiger partial charge in [-0.2, -0.15) is 0 Å². The summed E-state index contributed by atoms with van der Waals surface area (Å²) in [5.74, 6) is -0.269. The summed E-state index contributed by atoms with van der Waals surface area (Å²) in [5, 5.41) is 5.98. The number of carbonyl (C=O) groups excluding carboxylic acids is 1. The van der Waals surface area contributed by atoms with Crippen LogP contribution >= 0.6 is 0 Å². The molecule has 0 spiro atoms. The van der Waals surface area contributed by atoms with E-state index < -0.39 is 0 Å². The van der Waals surface area contributed by atoms with Crippen LogP contribution in [0.3, 0.4) is 0 Å². The van der Waals surface area contributed by atoms with E-state index in [0.717, 1.165) is 21.7 Å². The molecule has 0 aliphatic rings. The van der Waals surface area contributed by atoms with Crippen LogP contribution in [0, 0.1) is 0 Å². The molecule has 30 heavy (non-hydrogen) atoms. The van der Waals surface area contributed by atoms with E-state index in [2.05, 4.69) is 10.3 Å². The summed E-state index contributed by atoms with van der Waals surface area (Å²) in [6.45, 7) is 1.80. The van der Waals surface area contributed by atoms with E-state index in [-0.39, 0.29) is 29.6 Å². The molecular formula is C24H19N3O3. The SMILES string of the molecule is C[C@H](NC(=O)Cn1cnc2c(oc3ccccc32)c1=O)c1cccc2ccccc12. The Labute approximate surface area is 171 Å². The van der Waals surface area contributed by atoms with Crippen LogP contribution in [-0.4, -0.2) is 15.5 Å². The maximum atomic E-state index is 12.8. The van der Waals surface area contributed by atoms with Crippen LogP contribution in [-0.2, 0) is 11.3 Å². The minimum absolute atomic E-state index is 0.131. The fraction of sp³-hybridized carbons (Fsp3) is 0.125. The van der Waals surface area contributed by atoms with Gasteiger partial charge in [-0.1, -0.05) is 54.6 Å². The third-order valence-corrected chi connectivity index (χ3v) is 5.33. The van der Waals surface area contributed by atoms with E-state index in [1.807, 2.05) is 67.6 Å². The highest BCUT2D eigenvalue weighted by molar-refractivity contribution is 6.01. The normalized spacial score (nSPS) is 12.4. The fourth-order valence-corrected chi connectivity index (χ4v) is 3.88. The first kappa shape index (κ1) is 18.1. The number of carbonyl (C=O) groups is 1. The monoisotopic (exact) mass is 397 g/mol. The molecule has 6 heteroatoms. The van der Waals surface area contributed by atoms with Gasteiger partial charge in [0.15, 0.2) is 0 Å². The average Bonchev–Trinajstić information content (AvgIpc) is 3.15. The third kappa shape index (κ3) is 3.03. The standard InChI is InChI=1S/C24H19N3O3/c1-15(17-11-6-8-16-7-2-3-9-18(16)17)26-21(28)13-27-14-25-22-19-10-4-5-12-20(19)30-23(22)24(27)29/h2-12,14-15H,13H2,1H3,(H,26,28)/t15-/m0/s1. The van der Waals surface area contributed by atoms with Crippen molar-refractivity contribution in [2.75, 3.05) is 0 Å². The van der Waals surface area contributed by atoms with E-state index >= 15 is 0 Å². The van der Waals surface area contributed by atoms with Gasteiger partial charge in [0.25, 0.3) is 5.56 Å². The van der Waals surface area contributed by atoms with E-state index in [1.165, 1.54) is 10.9 Å². The van der Waals surface area contributed by atoms with Gasteiger partial charge in [-0.3, -0.25) is 14.2 Å². The second-order valence-electron chi connectivity index (χ2n) is 7.31. The molecule has 0 radical (unpaired) electrons. The minimum Gasteiger partial charge on any atom is -0.448 e. The van der Waals surface area contributed by atoms with Gasteiger partial charge in [0, 0.05) is 5.39 Å². The Bertz CT molecular complexity index is 1460. The molecule has 0 fully saturated rings. The second-order valence-corrected chi connectivity index (χ2v) is 7.31. The molecule has 2 aromatic heterocycles. The maximum Gasteiger partial charge on any atom is 0.297 e. The topological polar surface area (TPSA) is 77.1 Å². The molecule has 5 rings (SSSR count). The summed E-state index contributed by atoms with van der Waals surface area (Å²) in [6, 6.07) is 21.2. The number of fused-ring (bicyclic) bond motifs is 4. The Morgan fingerprint density at radius 3 is 2.63 bits per heavy atom. The quantitative estimate of drug-likeness (QED) is 0.494. The molecule has 3 aromatic carbocycles. The second kappa shape index (κ2) is 7.15. The van der Waals surface area contributed by atoms with Crippen molar-refractivity contribution in [3.63, 3.8) is 0 Å². The Morgan fingerprint density at radius 2 is 1.77 bits per heavy atom. The zero-order valence-corrected chi connectivity index (χ0v) is 16.3. The summed E-state index contributed by atoms with van der Waals surface area (Å²) < 4.78 is 6.95. The van der Waals surface area contributed by atoms with Gasteiger partial charge in [-0.05, 0) is 35.4 Å². The van der Waals surface area contributed by atoms with Crippen molar-refractivity contribution in [3.05, 3.63) is 89.0 Å². The minimum atomic E-state index is -0.371. The average molecular weight is 397 g/mol. The van der Waals surface area contributed by atoms with Gasteiger partial charge in [0.2, 0.25) is 11.5 Å². The van der Waals surface area contributed by atoms with Crippen molar-refractivity contribution < 1.29 is 9.21 Å². The van der Waals surface area contributed by atoms with Crippen molar-refractivity contribution in [1.29, 1.82) is 0 Å². The van der Waals surface area contributed by atoms with Crippen LogP contribution in [0.25, 0.3) is 32.8 Å². The highest BCUT2D eigenvalue weighted by atomic mass is 16.3. The summed E-state index contributed by atoms with van der Waals surface area (Å²) in [5.41, 5.74) is 1.93. The van der Waals surface area contributed by atoms with Gasteiger partial charge < -0.3 is 9.73 Å². The number of hydrogen-bond acceptors (Lipinski definition) is 4. The molecule has 0 bridgehead atoms. The van der Waals surface area contributed by atoms with Crippen LogP contribution in [0.4, 0.5) is 0 Å². The molecule has 0 saturated carbocycles. The lowest BCUT2D eigenvalue weighted by Gasteiger charge is -2.17. The number of hydrogen-bond donors (Lipinski definition) is 1. The molecule has 6 nitrogen and oxygen atoms in total. The number of nitrogens with one attached hydrogen (secondary N) is 1. The number of amides is 1. The molecule has 1 N–H and O–H groups in total. The van der Waals surface area contributed by atoms with Crippen molar-refractivity contribution in [2.45, 2.75) is 19.5 Å². The number of furan rings is 1. The molecule has 0 aliphatic carbocycles. The van der Waals surface area contributed by atoms with Crippen LogP contribution in [0.1, 0.15) is 18.5 Å². The molecule has 0 saturated heterocycles. The number of nitrogens with zero attached hydrogens (tertiary/aromatic N) is 2. The fourth-order valence-electron chi connectivity index (χ4n) is 3.88. The first-order valence-electron chi connectivity index (χ1n) is 9.75. The van der Waals surface area contributed by atoms with Crippen molar-refractivity contribution >= 4 is 38.7 Å². The number of para-hydroxylation sites is 1. The smallest absolute Gasteiger partial charge is 0.297 e. The number of aromatic nitrogens is 2. The maximum absolute atomic E-state index is 12.8. The molecule has 1 amide bonds.